The smallest absolute Gasteiger partial charge is 0.0256 e. The van der Waals surface area contributed by atoms with Crippen molar-refractivity contribution >= 4 is 12.2 Å². The molecule has 2 aromatic rings. The highest BCUT2D eigenvalue weighted by molar-refractivity contribution is 5.69. The van der Waals surface area contributed by atoms with Crippen molar-refractivity contribution in [2.75, 3.05) is 0 Å². The molecule has 0 bridgehead atoms. The normalized spacial score (nSPS) is 9.62. The van der Waals surface area contributed by atoms with Gasteiger partial charge in [-0.15, -0.1) is 0 Å². The average Bonchev–Trinajstić information content (AvgIpc) is 2.41. The molecule has 0 aliphatic carbocycles. The van der Waals surface area contributed by atoms with Crippen molar-refractivity contribution in [2.24, 2.45) is 0 Å². The summed E-state index contributed by atoms with van der Waals surface area (Å²) in [5.74, 6) is 0. The summed E-state index contributed by atoms with van der Waals surface area (Å²) in [6.07, 6.45) is 4.24. The molecule has 82 valence electrons. The van der Waals surface area contributed by atoms with E-state index in [1.54, 1.807) is 0 Å². The fourth-order valence-electron chi connectivity index (χ4n) is 1.32. The molecule has 0 radical (unpaired) electrons. The molecule has 0 amide bonds. The molecule has 0 unspecified atom stereocenters. The largest absolute Gasteiger partial charge is 0.0683 e. The molecule has 0 aliphatic heterocycles. The van der Waals surface area contributed by atoms with Crippen LogP contribution in [0.15, 0.2) is 60.7 Å². The summed E-state index contributed by atoms with van der Waals surface area (Å²) in [7, 11) is 0. The number of rotatable bonds is 2. The van der Waals surface area contributed by atoms with Gasteiger partial charge in [-0.05, 0) is 11.1 Å². The lowest BCUT2D eigenvalue weighted by Crippen LogP contribution is -1.70. The summed E-state index contributed by atoms with van der Waals surface area (Å²) >= 11 is 0. The van der Waals surface area contributed by atoms with Gasteiger partial charge in [0.05, 0.1) is 0 Å². The quantitative estimate of drug-likeness (QED) is 0.619. The van der Waals surface area contributed by atoms with Crippen LogP contribution in [0.5, 0.6) is 0 Å². The molecule has 0 saturated carbocycles. The second-order valence-corrected chi connectivity index (χ2v) is 3.15. The van der Waals surface area contributed by atoms with E-state index >= 15 is 0 Å². The second kappa shape index (κ2) is 7.47. The van der Waals surface area contributed by atoms with Crippen LogP contribution in [0.3, 0.4) is 0 Å². The molecular formula is C16H18. The Bertz CT molecular complexity index is 357. The molecule has 0 heteroatoms. The zero-order chi connectivity index (χ0) is 11.6. The second-order valence-electron chi connectivity index (χ2n) is 3.15. The minimum Gasteiger partial charge on any atom is -0.0683 e. The minimum atomic E-state index is 1.23. The van der Waals surface area contributed by atoms with Crippen LogP contribution < -0.4 is 0 Å². The molecule has 16 heavy (non-hydrogen) atoms. The van der Waals surface area contributed by atoms with Crippen LogP contribution in [0.1, 0.15) is 25.0 Å². The van der Waals surface area contributed by atoms with Crippen molar-refractivity contribution in [3.05, 3.63) is 71.8 Å². The van der Waals surface area contributed by atoms with E-state index < -0.39 is 0 Å². The summed E-state index contributed by atoms with van der Waals surface area (Å²) in [4.78, 5) is 0. The lowest BCUT2D eigenvalue weighted by molar-refractivity contribution is 1.50. The van der Waals surface area contributed by atoms with Gasteiger partial charge in [-0.3, -0.25) is 0 Å². The molecule has 0 aromatic heterocycles. The Balaban J connectivity index is 0.000000606. The fourth-order valence-corrected chi connectivity index (χ4v) is 1.32. The molecule has 0 heterocycles. The maximum atomic E-state index is 2.12. The van der Waals surface area contributed by atoms with Crippen molar-refractivity contribution in [3.63, 3.8) is 0 Å². The first-order chi connectivity index (χ1) is 7.95. The van der Waals surface area contributed by atoms with Gasteiger partial charge in [-0.25, -0.2) is 0 Å². The van der Waals surface area contributed by atoms with Gasteiger partial charge in [0, 0.05) is 0 Å². The Morgan fingerprint density at radius 3 is 1.19 bits per heavy atom. The van der Waals surface area contributed by atoms with Gasteiger partial charge in [-0.2, -0.15) is 0 Å². The average molecular weight is 210 g/mol. The van der Waals surface area contributed by atoms with E-state index in [9.17, 15) is 0 Å². The Kier molecular flexibility index (Phi) is 5.72. The van der Waals surface area contributed by atoms with E-state index in [1.165, 1.54) is 11.1 Å². The molecule has 0 fully saturated rings. The van der Waals surface area contributed by atoms with E-state index in [-0.39, 0.29) is 0 Å². The van der Waals surface area contributed by atoms with Gasteiger partial charge in [0.2, 0.25) is 0 Å². The molecule has 0 aliphatic rings. The van der Waals surface area contributed by atoms with E-state index in [2.05, 4.69) is 36.4 Å². The van der Waals surface area contributed by atoms with Gasteiger partial charge in [-0.1, -0.05) is 86.7 Å². The Hall–Kier alpha value is -1.82. The minimum absolute atomic E-state index is 1.23. The van der Waals surface area contributed by atoms with E-state index in [4.69, 9.17) is 0 Å². The predicted octanol–water partition coefficient (Wildman–Crippen LogP) is 4.88. The van der Waals surface area contributed by atoms with E-state index in [0.717, 1.165) is 0 Å². The zero-order valence-corrected chi connectivity index (χ0v) is 9.93. The molecule has 0 N–H and O–H groups in total. The first kappa shape index (κ1) is 12.3. The first-order valence-corrected chi connectivity index (χ1v) is 5.73. The third-order valence-corrected chi connectivity index (χ3v) is 2.07. The van der Waals surface area contributed by atoms with Crippen LogP contribution >= 0.6 is 0 Å². The maximum Gasteiger partial charge on any atom is -0.0256 e. The number of benzene rings is 2. The van der Waals surface area contributed by atoms with Gasteiger partial charge < -0.3 is 0 Å². The van der Waals surface area contributed by atoms with Crippen LogP contribution in [-0.2, 0) is 0 Å². The molecule has 2 rings (SSSR count). The van der Waals surface area contributed by atoms with Gasteiger partial charge >= 0.3 is 0 Å². The zero-order valence-electron chi connectivity index (χ0n) is 9.93. The molecule has 2 aromatic carbocycles. The van der Waals surface area contributed by atoms with Crippen molar-refractivity contribution in [1.82, 2.24) is 0 Å². The third kappa shape index (κ3) is 4.14. The predicted molar refractivity (Wildman–Crippen MR) is 73.2 cm³/mol. The van der Waals surface area contributed by atoms with Crippen molar-refractivity contribution in [3.8, 4) is 0 Å². The van der Waals surface area contributed by atoms with Crippen molar-refractivity contribution in [2.45, 2.75) is 13.8 Å². The van der Waals surface area contributed by atoms with Crippen LogP contribution in [0.2, 0.25) is 0 Å². The highest BCUT2D eigenvalue weighted by Crippen LogP contribution is 2.06. The Morgan fingerprint density at radius 1 is 0.562 bits per heavy atom. The SMILES string of the molecule is C(=Cc1ccccc1)c1ccccc1.CC. The summed E-state index contributed by atoms with van der Waals surface area (Å²) in [6, 6.07) is 20.6. The van der Waals surface area contributed by atoms with E-state index in [1.807, 2.05) is 50.2 Å². The lowest BCUT2D eigenvalue weighted by Gasteiger charge is -1.92. The Morgan fingerprint density at radius 2 is 0.875 bits per heavy atom. The summed E-state index contributed by atoms with van der Waals surface area (Å²) in [5.41, 5.74) is 2.47. The third-order valence-electron chi connectivity index (χ3n) is 2.07. The molecule has 0 spiro atoms. The molecule has 0 saturated heterocycles. The maximum absolute atomic E-state index is 2.12. The monoisotopic (exact) mass is 210 g/mol. The van der Waals surface area contributed by atoms with Crippen LogP contribution in [0.25, 0.3) is 12.2 Å². The molecular weight excluding hydrogens is 192 g/mol. The fraction of sp³-hybridized carbons (Fsp3) is 0.125. The van der Waals surface area contributed by atoms with Crippen LogP contribution in [0, 0.1) is 0 Å². The summed E-state index contributed by atoms with van der Waals surface area (Å²) < 4.78 is 0. The van der Waals surface area contributed by atoms with Gasteiger partial charge in [0.15, 0.2) is 0 Å². The summed E-state index contributed by atoms with van der Waals surface area (Å²) in [5, 5.41) is 0. The van der Waals surface area contributed by atoms with Crippen LogP contribution in [-0.4, -0.2) is 0 Å². The molecule has 0 atom stereocenters. The van der Waals surface area contributed by atoms with E-state index in [0.29, 0.717) is 0 Å². The van der Waals surface area contributed by atoms with Gasteiger partial charge in [0.25, 0.3) is 0 Å². The molecule has 0 nitrogen and oxygen atoms in total. The topological polar surface area (TPSA) is 0 Å². The number of hydrogen-bond donors (Lipinski definition) is 0. The summed E-state index contributed by atoms with van der Waals surface area (Å²) in [6.45, 7) is 4.00. The van der Waals surface area contributed by atoms with Crippen LogP contribution in [0.4, 0.5) is 0 Å². The highest BCUT2D eigenvalue weighted by atomic mass is 13.9. The lowest BCUT2D eigenvalue weighted by atomic mass is 10.1. The first-order valence-electron chi connectivity index (χ1n) is 5.73. The Labute approximate surface area is 98.3 Å². The highest BCUT2D eigenvalue weighted by Gasteiger charge is 1.84. The van der Waals surface area contributed by atoms with Crippen molar-refractivity contribution in [1.29, 1.82) is 0 Å². The standard InChI is InChI=1S/C14H12.C2H6/c1-3-7-13(8-4-1)11-12-14-9-5-2-6-10-14;1-2/h1-12H;1-2H3. The number of hydrogen-bond acceptors (Lipinski definition) is 0. The van der Waals surface area contributed by atoms with Crippen molar-refractivity contribution < 1.29 is 0 Å². The van der Waals surface area contributed by atoms with Gasteiger partial charge in [0.1, 0.15) is 0 Å².